The van der Waals surface area contributed by atoms with Gasteiger partial charge in [-0.25, -0.2) is 0 Å². The highest BCUT2D eigenvalue weighted by Gasteiger charge is 2.58. The fraction of sp³-hybridized carbons (Fsp3) is 0.909. The molecule has 0 heterocycles. The molecule has 0 amide bonds. The Labute approximate surface area is 147 Å². The van der Waals surface area contributed by atoms with Crippen molar-refractivity contribution in [2.75, 3.05) is 6.61 Å². The second-order valence-electron chi connectivity index (χ2n) is 10.1. The van der Waals surface area contributed by atoms with E-state index in [0.717, 1.165) is 35.7 Å². The molecule has 8 unspecified atom stereocenters. The van der Waals surface area contributed by atoms with Crippen LogP contribution in [0.3, 0.4) is 0 Å². The highest BCUT2D eigenvalue weighted by Crippen LogP contribution is 2.66. The predicted molar refractivity (Wildman–Crippen MR) is 97.4 cm³/mol. The largest absolute Gasteiger partial charge is 0.393 e. The molecule has 0 bridgehead atoms. The van der Waals surface area contributed by atoms with E-state index in [4.69, 9.17) is 0 Å². The van der Waals surface area contributed by atoms with E-state index in [2.05, 4.69) is 26.8 Å². The van der Waals surface area contributed by atoms with Gasteiger partial charge in [0.1, 0.15) is 0 Å². The Morgan fingerprint density at radius 3 is 2.67 bits per heavy atom. The molecule has 0 aliphatic heterocycles. The second kappa shape index (κ2) is 5.84. The van der Waals surface area contributed by atoms with E-state index < -0.39 is 6.10 Å². The van der Waals surface area contributed by atoms with Gasteiger partial charge in [-0.2, -0.15) is 0 Å². The molecular formula is C22H36O2. The first-order valence-corrected chi connectivity index (χ1v) is 10.4. The van der Waals surface area contributed by atoms with Gasteiger partial charge in [0.15, 0.2) is 0 Å². The second-order valence-corrected chi connectivity index (χ2v) is 10.1. The van der Waals surface area contributed by atoms with Gasteiger partial charge >= 0.3 is 0 Å². The van der Waals surface area contributed by atoms with Crippen molar-refractivity contribution in [2.24, 2.45) is 40.4 Å². The van der Waals surface area contributed by atoms with Crippen LogP contribution in [0.5, 0.6) is 0 Å². The van der Waals surface area contributed by atoms with E-state index in [-0.39, 0.29) is 12.0 Å². The van der Waals surface area contributed by atoms with Crippen LogP contribution in [0.25, 0.3) is 0 Å². The van der Waals surface area contributed by atoms with Gasteiger partial charge in [0.05, 0.1) is 12.7 Å². The molecule has 24 heavy (non-hydrogen) atoms. The minimum atomic E-state index is -0.640. The Hall–Kier alpha value is -0.340. The Balaban J connectivity index is 1.59. The summed E-state index contributed by atoms with van der Waals surface area (Å²) in [6.07, 6.45) is 12.4. The number of aliphatic hydroxyl groups excluding tert-OH is 2. The normalized spacial score (nSPS) is 52.0. The van der Waals surface area contributed by atoms with E-state index in [1.807, 2.05) is 0 Å². The zero-order chi connectivity index (χ0) is 17.1. The fourth-order valence-electron chi connectivity index (χ4n) is 7.69. The fourth-order valence-corrected chi connectivity index (χ4v) is 7.69. The van der Waals surface area contributed by atoms with Crippen molar-refractivity contribution in [3.05, 3.63) is 11.6 Å². The molecular weight excluding hydrogens is 296 g/mol. The third kappa shape index (κ3) is 2.28. The minimum Gasteiger partial charge on any atom is -0.393 e. The summed E-state index contributed by atoms with van der Waals surface area (Å²) in [6, 6.07) is 0. The maximum atomic E-state index is 10.3. The monoisotopic (exact) mass is 332 g/mol. The standard InChI is InChI=1S/C22H36O2/c1-14-8-10-21(2)15(12-14)4-5-16-17-6-7-19(20(24)13-23)22(17,3)11-9-18(16)21/h7,14-18,20,23-24H,4-6,8-13H2,1-3H3. The van der Waals surface area contributed by atoms with Crippen LogP contribution in [0.15, 0.2) is 11.6 Å². The third-order valence-electron chi connectivity index (χ3n) is 9.10. The van der Waals surface area contributed by atoms with Crippen LogP contribution >= 0.6 is 0 Å². The third-order valence-corrected chi connectivity index (χ3v) is 9.10. The average molecular weight is 333 g/mol. The van der Waals surface area contributed by atoms with E-state index in [0.29, 0.717) is 11.3 Å². The summed E-state index contributed by atoms with van der Waals surface area (Å²) in [6.45, 7) is 7.32. The Morgan fingerprint density at radius 2 is 1.92 bits per heavy atom. The van der Waals surface area contributed by atoms with E-state index >= 15 is 0 Å². The summed E-state index contributed by atoms with van der Waals surface area (Å²) in [5.74, 6) is 4.29. The van der Waals surface area contributed by atoms with Gasteiger partial charge in [-0.05, 0) is 90.9 Å². The highest BCUT2D eigenvalue weighted by molar-refractivity contribution is 5.28. The molecule has 8 atom stereocenters. The minimum absolute atomic E-state index is 0.125. The first-order chi connectivity index (χ1) is 11.4. The lowest BCUT2D eigenvalue weighted by Crippen LogP contribution is -2.53. The Morgan fingerprint density at radius 1 is 1.12 bits per heavy atom. The summed E-state index contributed by atoms with van der Waals surface area (Å²) in [4.78, 5) is 0. The molecule has 3 saturated carbocycles. The molecule has 4 rings (SSSR count). The van der Waals surface area contributed by atoms with E-state index in [1.165, 1.54) is 44.9 Å². The van der Waals surface area contributed by atoms with Gasteiger partial charge in [0.25, 0.3) is 0 Å². The molecule has 0 spiro atoms. The number of fused-ring (bicyclic) bond motifs is 5. The van der Waals surface area contributed by atoms with Crippen LogP contribution in [0.2, 0.25) is 0 Å². The maximum Gasteiger partial charge on any atom is 0.0986 e. The summed E-state index contributed by atoms with van der Waals surface area (Å²) in [7, 11) is 0. The summed E-state index contributed by atoms with van der Waals surface area (Å²) < 4.78 is 0. The molecule has 0 radical (unpaired) electrons. The number of hydrogen-bond acceptors (Lipinski definition) is 2. The zero-order valence-electron chi connectivity index (χ0n) is 15.8. The summed E-state index contributed by atoms with van der Waals surface area (Å²) in [5.41, 5.74) is 1.85. The smallest absolute Gasteiger partial charge is 0.0986 e. The summed E-state index contributed by atoms with van der Waals surface area (Å²) >= 11 is 0. The number of rotatable bonds is 2. The lowest BCUT2D eigenvalue weighted by Gasteiger charge is -2.61. The van der Waals surface area contributed by atoms with Crippen molar-refractivity contribution in [3.8, 4) is 0 Å². The predicted octanol–water partition coefficient (Wildman–Crippen LogP) is 4.55. The van der Waals surface area contributed by atoms with Crippen LogP contribution in [0, 0.1) is 40.4 Å². The Bertz CT molecular complexity index is 526. The van der Waals surface area contributed by atoms with E-state index in [1.54, 1.807) is 0 Å². The first-order valence-electron chi connectivity index (χ1n) is 10.4. The molecule has 136 valence electrons. The highest BCUT2D eigenvalue weighted by atomic mass is 16.3. The Kier molecular flexibility index (Phi) is 4.16. The number of aliphatic hydroxyl groups is 2. The molecule has 0 saturated heterocycles. The molecule has 0 aromatic carbocycles. The lowest BCUT2D eigenvalue weighted by molar-refractivity contribution is -0.109. The van der Waals surface area contributed by atoms with Gasteiger partial charge in [0, 0.05) is 0 Å². The van der Waals surface area contributed by atoms with Crippen LogP contribution in [0.1, 0.15) is 72.1 Å². The van der Waals surface area contributed by atoms with Crippen molar-refractivity contribution >= 4 is 0 Å². The topological polar surface area (TPSA) is 40.5 Å². The van der Waals surface area contributed by atoms with Gasteiger partial charge in [-0.15, -0.1) is 0 Å². The quantitative estimate of drug-likeness (QED) is 0.728. The van der Waals surface area contributed by atoms with Gasteiger partial charge in [-0.3, -0.25) is 0 Å². The van der Waals surface area contributed by atoms with Crippen LogP contribution in [0.4, 0.5) is 0 Å². The SMILES string of the molecule is CC1CCC2(C)C(CCC3C4CC=C(C(O)CO)C4(C)CCC32)C1. The van der Waals surface area contributed by atoms with E-state index in [9.17, 15) is 10.2 Å². The van der Waals surface area contributed by atoms with Crippen molar-refractivity contribution in [1.29, 1.82) is 0 Å². The molecule has 3 fully saturated rings. The van der Waals surface area contributed by atoms with Crippen molar-refractivity contribution in [2.45, 2.75) is 78.2 Å². The maximum absolute atomic E-state index is 10.3. The lowest BCUT2D eigenvalue weighted by atomic mass is 9.44. The molecule has 2 nitrogen and oxygen atoms in total. The van der Waals surface area contributed by atoms with Gasteiger partial charge in [0.2, 0.25) is 0 Å². The van der Waals surface area contributed by atoms with Crippen molar-refractivity contribution in [3.63, 3.8) is 0 Å². The summed E-state index contributed by atoms with van der Waals surface area (Å²) in [5, 5.41) is 19.8. The van der Waals surface area contributed by atoms with Crippen LogP contribution in [-0.4, -0.2) is 22.9 Å². The van der Waals surface area contributed by atoms with Crippen LogP contribution < -0.4 is 0 Å². The number of allylic oxidation sites excluding steroid dienone is 1. The first kappa shape index (κ1) is 17.1. The van der Waals surface area contributed by atoms with Crippen molar-refractivity contribution in [1.82, 2.24) is 0 Å². The molecule has 4 aliphatic rings. The molecule has 0 aromatic rings. The molecule has 4 aliphatic carbocycles. The number of hydrogen-bond donors (Lipinski definition) is 2. The average Bonchev–Trinajstić information content (AvgIpc) is 2.92. The molecule has 2 heteroatoms. The van der Waals surface area contributed by atoms with Gasteiger partial charge in [-0.1, -0.05) is 33.3 Å². The molecule has 0 aromatic heterocycles. The van der Waals surface area contributed by atoms with Gasteiger partial charge < -0.3 is 10.2 Å². The molecule has 2 N–H and O–H groups in total. The van der Waals surface area contributed by atoms with Crippen molar-refractivity contribution < 1.29 is 10.2 Å². The zero-order valence-corrected chi connectivity index (χ0v) is 15.8. The van der Waals surface area contributed by atoms with Crippen LogP contribution in [-0.2, 0) is 0 Å².